The van der Waals surface area contributed by atoms with Crippen LogP contribution in [0.1, 0.15) is 0 Å². The van der Waals surface area contributed by atoms with Crippen molar-refractivity contribution in [1.29, 1.82) is 0 Å². The topological polar surface area (TPSA) is 17.8 Å². The molecule has 0 fully saturated rings. The van der Waals surface area contributed by atoms with Crippen LogP contribution in [0.2, 0.25) is 0 Å². The van der Waals surface area contributed by atoms with E-state index < -0.39 is 0 Å². The van der Waals surface area contributed by atoms with Gasteiger partial charge in [-0.15, -0.1) is 0 Å². The van der Waals surface area contributed by atoms with Crippen LogP contribution in [0.5, 0.6) is 0 Å². The lowest BCUT2D eigenvalue weighted by atomic mass is 10.1. The van der Waals surface area contributed by atoms with Gasteiger partial charge in [-0.2, -0.15) is 4.37 Å². The van der Waals surface area contributed by atoms with Crippen LogP contribution in [0.25, 0.3) is 49.2 Å². The van der Waals surface area contributed by atoms with E-state index in [0.717, 1.165) is 16.9 Å². The first-order valence-corrected chi connectivity index (χ1v) is 10.8. The average Bonchev–Trinajstić information content (AvgIpc) is 3.43. The van der Waals surface area contributed by atoms with Gasteiger partial charge in [-0.05, 0) is 47.4 Å². The summed E-state index contributed by atoms with van der Waals surface area (Å²) >= 11 is 1.55. The first-order chi connectivity index (χ1) is 14.9. The molecule has 2 nitrogen and oxygen atoms in total. The Labute approximate surface area is 178 Å². The molecule has 6 rings (SSSR count). The second-order valence-corrected chi connectivity index (χ2v) is 8.16. The highest BCUT2D eigenvalue weighted by Crippen LogP contribution is 2.33. The Morgan fingerprint density at radius 2 is 1.17 bits per heavy atom. The molecule has 2 aromatic heterocycles. The Kier molecular flexibility index (Phi) is 4.00. The molecular formula is C27H18N2S. The normalized spacial score (nSPS) is 11.3. The molecule has 0 aliphatic carbocycles. The van der Waals surface area contributed by atoms with Crippen molar-refractivity contribution < 1.29 is 0 Å². The summed E-state index contributed by atoms with van der Waals surface area (Å²) in [7, 11) is 0. The third-order valence-electron chi connectivity index (χ3n) is 5.57. The molecule has 4 aromatic carbocycles. The number of fused-ring (bicyclic) bond motifs is 3. The highest BCUT2D eigenvalue weighted by Gasteiger charge is 2.12. The predicted octanol–water partition coefficient (Wildman–Crippen LogP) is 7.57. The summed E-state index contributed by atoms with van der Waals surface area (Å²) in [4.78, 5) is 1.19. The maximum absolute atomic E-state index is 4.69. The maximum atomic E-state index is 4.69. The quantitative estimate of drug-likeness (QED) is 0.298. The number of hydrogen-bond donors (Lipinski definition) is 0. The van der Waals surface area contributed by atoms with Crippen molar-refractivity contribution in [3.05, 3.63) is 109 Å². The van der Waals surface area contributed by atoms with Gasteiger partial charge in [0.1, 0.15) is 0 Å². The molecule has 0 spiro atoms. The summed E-state index contributed by atoms with van der Waals surface area (Å²) in [5.74, 6) is 0. The Bertz CT molecular complexity index is 1420. The van der Waals surface area contributed by atoms with Crippen molar-refractivity contribution in [2.45, 2.75) is 0 Å². The highest BCUT2D eigenvalue weighted by molar-refractivity contribution is 7.09. The lowest BCUT2D eigenvalue weighted by Gasteiger charge is -2.08. The van der Waals surface area contributed by atoms with Crippen molar-refractivity contribution in [1.82, 2.24) is 8.94 Å². The van der Waals surface area contributed by atoms with Gasteiger partial charge >= 0.3 is 0 Å². The molecule has 3 heteroatoms. The van der Waals surface area contributed by atoms with Crippen LogP contribution in [0.3, 0.4) is 0 Å². The maximum Gasteiger partial charge on any atom is 0.0847 e. The molecule has 2 heterocycles. The van der Waals surface area contributed by atoms with E-state index in [1.807, 2.05) is 6.07 Å². The van der Waals surface area contributed by atoms with Crippen molar-refractivity contribution in [3.63, 3.8) is 0 Å². The van der Waals surface area contributed by atoms with Gasteiger partial charge in [0.25, 0.3) is 0 Å². The summed E-state index contributed by atoms with van der Waals surface area (Å²) in [5, 5.41) is 2.56. The molecule has 0 atom stereocenters. The van der Waals surface area contributed by atoms with Gasteiger partial charge in [0.2, 0.25) is 0 Å². The number of hydrogen-bond acceptors (Lipinski definition) is 2. The zero-order valence-corrected chi connectivity index (χ0v) is 17.0. The van der Waals surface area contributed by atoms with Gasteiger partial charge in [0.15, 0.2) is 0 Å². The van der Waals surface area contributed by atoms with Crippen molar-refractivity contribution in [2.24, 2.45) is 0 Å². The van der Waals surface area contributed by atoms with Crippen molar-refractivity contribution >= 4 is 33.3 Å². The standard InChI is InChI=1S/C27H18N2S/c1-2-8-20(9-3-1)27-18-24(28-30-27)19-14-16-21(17-15-19)29-25-12-6-4-10-22(25)23-11-5-7-13-26(23)29/h1-18H. The largest absolute Gasteiger partial charge is 0.309 e. The molecule has 6 aromatic rings. The minimum atomic E-state index is 1.02. The SMILES string of the molecule is c1ccc(-c2cc(-c3ccc(-n4c5ccccc5c5ccccc54)cc3)ns2)cc1. The van der Waals surface area contributed by atoms with Crippen LogP contribution in [-0.4, -0.2) is 8.94 Å². The molecule has 142 valence electrons. The molecule has 0 bridgehead atoms. The molecule has 0 saturated carbocycles. The van der Waals surface area contributed by atoms with E-state index >= 15 is 0 Å². The van der Waals surface area contributed by atoms with Crippen LogP contribution >= 0.6 is 11.5 Å². The van der Waals surface area contributed by atoms with E-state index in [-0.39, 0.29) is 0 Å². The van der Waals surface area contributed by atoms with E-state index in [0.29, 0.717) is 0 Å². The van der Waals surface area contributed by atoms with E-state index in [2.05, 4.69) is 112 Å². The monoisotopic (exact) mass is 402 g/mol. The fraction of sp³-hybridized carbons (Fsp3) is 0. The van der Waals surface area contributed by atoms with Crippen molar-refractivity contribution in [2.75, 3.05) is 0 Å². The minimum absolute atomic E-state index is 1.02. The number of para-hydroxylation sites is 2. The van der Waals surface area contributed by atoms with E-state index in [1.54, 1.807) is 11.5 Å². The lowest BCUT2D eigenvalue weighted by Crippen LogP contribution is -1.93. The minimum Gasteiger partial charge on any atom is -0.309 e. The molecule has 0 N–H and O–H groups in total. The Morgan fingerprint density at radius 3 is 1.83 bits per heavy atom. The third kappa shape index (κ3) is 2.75. The Morgan fingerprint density at radius 1 is 0.567 bits per heavy atom. The first-order valence-electron chi connectivity index (χ1n) is 10.00. The fourth-order valence-electron chi connectivity index (χ4n) is 4.13. The van der Waals surface area contributed by atoms with Gasteiger partial charge < -0.3 is 4.57 Å². The second kappa shape index (κ2) is 6.97. The predicted molar refractivity (Wildman–Crippen MR) is 127 cm³/mol. The zero-order chi connectivity index (χ0) is 19.9. The van der Waals surface area contributed by atoms with Gasteiger partial charge in [-0.25, -0.2) is 0 Å². The number of nitrogens with zero attached hydrogens (tertiary/aromatic N) is 2. The van der Waals surface area contributed by atoms with Gasteiger partial charge in [0.05, 0.1) is 21.6 Å². The summed E-state index contributed by atoms with van der Waals surface area (Å²) < 4.78 is 7.03. The van der Waals surface area contributed by atoms with Crippen LogP contribution in [-0.2, 0) is 0 Å². The smallest absolute Gasteiger partial charge is 0.0847 e. The van der Waals surface area contributed by atoms with Gasteiger partial charge in [-0.3, -0.25) is 0 Å². The lowest BCUT2D eigenvalue weighted by molar-refractivity contribution is 1.18. The molecule has 0 radical (unpaired) electrons. The van der Waals surface area contributed by atoms with E-state index in [1.165, 1.54) is 32.2 Å². The summed E-state index contributed by atoms with van der Waals surface area (Å²) in [6, 6.07) is 38.5. The fourth-order valence-corrected chi connectivity index (χ4v) is 4.89. The summed E-state index contributed by atoms with van der Waals surface area (Å²) in [6.45, 7) is 0. The second-order valence-electron chi connectivity index (χ2n) is 7.36. The Hall–Kier alpha value is -3.69. The van der Waals surface area contributed by atoms with Gasteiger partial charge in [0, 0.05) is 22.0 Å². The van der Waals surface area contributed by atoms with E-state index in [4.69, 9.17) is 0 Å². The third-order valence-corrected chi connectivity index (χ3v) is 6.41. The first kappa shape index (κ1) is 17.2. The van der Waals surface area contributed by atoms with Crippen molar-refractivity contribution in [3.8, 4) is 27.4 Å². The summed E-state index contributed by atoms with van der Waals surface area (Å²) in [5.41, 5.74) is 6.99. The molecular weight excluding hydrogens is 384 g/mol. The zero-order valence-electron chi connectivity index (χ0n) is 16.2. The van der Waals surface area contributed by atoms with Crippen LogP contribution in [0, 0.1) is 0 Å². The molecule has 0 saturated heterocycles. The summed E-state index contributed by atoms with van der Waals surface area (Å²) in [6.07, 6.45) is 0. The highest BCUT2D eigenvalue weighted by atomic mass is 32.1. The van der Waals surface area contributed by atoms with Crippen LogP contribution in [0.4, 0.5) is 0 Å². The van der Waals surface area contributed by atoms with Gasteiger partial charge in [-0.1, -0.05) is 78.9 Å². The molecule has 0 aliphatic rings. The van der Waals surface area contributed by atoms with Crippen LogP contribution < -0.4 is 0 Å². The number of rotatable bonds is 3. The molecule has 0 unspecified atom stereocenters. The van der Waals surface area contributed by atoms with Crippen LogP contribution in [0.15, 0.2) is 109 Å². The molecule has 30 heavy (non-hydrogen) atoms. The van der Waals surface area contributed by atoms with E-state index in [9.17, 15) is 0 Å². The Balaban J connectivity index is 1.43. The molecule has 0 aliphatic heterocycles. The average molecular weight is 403 g/mol. The molecule has 0 amide bonds. The number of benzene rings is 4. The number of aromatic nitrogens is 2.